The van der Waals surface area contributed by atoms with Crippen LogP contribution in [0.15, 0.2) is 101 Å². The number of ether oxygens (including phenoxy) is 3. The largest absolute Gasteiger partial charge is 0.508 e. The Bertz CT molecular complexity index is 2490. The van der Waals surface area contributed by atoms with Gasteiger partial charge in [-0.15, -0.1) is 4.80 Å². The molecule has 1 aliphatic heterocycles. The maximum Gasteiger partial charge on any atom is 0.333 e. The zero-order valence-electron chi connectivity index (χ0n) is 33.7. The molecule has 0 N–H and O–H groups in total. The third-order valence-corrected chi connectivity index (χ3v) is 17.1. The van der Waals surface area contributed by atoms with E-state index in [4.69, 9.17) is 18.6 Å². The number of aromatic nitrogens is 5. The molecule has 4 heterocycles. The highest BCUT2D eigenvalue weighted by molar-refractivity contribution is 7.21. The first kappa shape index (κ1) is 41.0. The number of halogens is 1. The molecule has 0 amide bonds. The SMILES string of the molecule is COc1ccc(F)cc1[C@H](Cn1c(=O)n(C(C)(C)C(=O)O[Si](c2ccccc2)(c2ccccc2)C(C)(C)C)c(=O)c2c(C)c(-n3nccn3)sc21)OC1CCOCC1. The summed E-state index contributed by atoms with van der Waals surface area (Å²) in [5.74, 6) is -0.880. The monoisotopic (exact) mass is 825 g/mol. The maximum absolute atomic E-state index is 15.3. The number of rotatable bonds is 12. The van der Waals surface area contributed by atoms with Crippen LogP contribution >= 0.6 is 11.3 Å². The number of carbonyl (C=O) groups excluding carboxylic acids is 1. The number of nitrogens with zero attached hydrogens (tertiary/aromatic N) is 5. The number of fused-ring (bicyclic) bond motifs is 1. The van der Waals surface area contributed by atoms with Crippen LogP contribution in [-0.4, -0.2) is 64.8 Å². The molecule has 1 saturated heterocycles. The van der Waals surface area contributed by atoms with Gasteiger partial charge >= 0.3 is 20.0 Å². The summed E-state index contributed by atoms with van der Waals surface area (Å²) in [6.45, 7) is 11.8. The van der Waals surface area contributed by atoms with Gasteiger partial charge in [0, 0.05) is 24.3 Å². The fourth-order valence-electron chi connectivity index (χ4n) is 7.89. The van der Waals surface area contributed by atoms with E-state index in [-0.39, 0.29) is 18.0 Å². The normalized spacial score (nSPS) is 14.8. The van der Waals surface area contributed by atoms with Gasteiger partial charge in [0.05, 0.1) is 37.5 Å². The van der Waals surface area contributed by atoms with Crippen molar-refractivity contribution in [3.8, 4) is 10.8 Å². The van der Waals surface area contributed by atoms with Gasteiger partial charge in [-0.05, 0) is 67.2 Å². The molecule has 1 atom stereocenters. The smallest absolute Gasteiger partial charge is 0.333 e. The van der Waals surface area contributed by atoms with Gasteiger partial charge in [-0.2, -0.15) is 10.2 Å². The van der Waals surface area contributed by atoms with Gasteiger partial charge in [0.2, 0.25) is 0 Å². The Morgan fingerprint density at radius 3 is 2.12 bits per heavy atom. The molecule has 0 unspecified atom stereocenters. The number of hydrogen-bond acceptors (Lipinski definition) is 10. The molecule has 7 rings (SSSR count). The molecule has 6 aromatic rings. The Morgan fingerprint density at radius 1 is 0.948 bits per heavy atom. The second-order valence-electron chi connectivity index (χ2n) is 16.0. The second kappa shape index (κ2) is 16.2. The van der Waals surface area contributed by atoms with Crippen LogP contribution in [0.3, 0.4) is 0 Å². The minimum absolute atomic E-state index is 0.154. The summed E-state index contributed by atoms with van der Waals surface area (Å²) in [5.41, 5.74) is -2.36. The van der Waals surface area contributed by atoms with Crippen LogP contribution in [0.5, 0.6) is 5.75 Å². The number of aryl methyl sites for hydroxylation is 1. The summed E-state index contributed by atoms with van der Waals surface area (Å²) in [4.78, 5) is 47.1. The van der Waals surface area contributed by atoms with Crippen molar-refractivity contribution >= 4 is 46.2 Å². The van der Waals surface area contributed by atoms with Crippen molar-refractivity contribution in [1.29, 1.82) is 0 Å². The van der Waals surface area contributed by atoms with E-state index in [0.29, 0.717) is 52.8 Å². The van der Waals surface area contributed by atoms with Gasteiger partial charge in [-0.25, -0.2) is 13.8 Å². The summed E-state index contributed by atoms with van der Waals surface area (Å²) in [6.07, 6.45) is 3.04. The minimum Gasteiger partial charge on any atom is -0.508 e. The van der Waals surface area contributed by atoms with Crippen molar-refractivity contribution in [3.05, 3.63) is 129 Å². The number of benzene rings is 3. The predicted octanol–water partition coefficient (Wildman–Crippen LogP) is 6.04. The molecule has 58 heavy (non-hydrogen) atoms. The van der Waals surface area contributed by atoms with Gasteiger partial charge < -0.3 is 18.6 Å². The van der Waals surface area contributed by atoms with Crippen LogP contribution in [-0.2, 0) is 30.8 Å². The highest BCUT2D eigenvalue weighted by Crippen LogP contribution is 2.39. The lowest BCUT2D eigenvalue weighted by Gasteiger charge is -2.43. The van der Waals surface area contributed by atoms with Crippen molar-refractivity contribution in [1.82, 2.24) is 24.1 Å². The zero-order chi connectivity index (χ0) is 41.4. The average molecular weight is 826 g/mol. The number of carbonyl (C=O) groups is 1. The summed E-state index contributed by atoms with van der Waals surface area (Å²) in [5, 5.41) is 10.5. The summed E-state index contributed by atoms with van der Waals surface area (Å²) in [7, 11) is -2.00. The van der Waals surface area contributed by atoms with Crippen molar-refractivity contribution in [3.63, 3.8) is 0 Å². The van der Waals surface area contributed by atoms with E-state index in [1.165, 1.54) is 72.3 Å². The summed E-state index contributed by atoms with van der Waals surface area (Å²) in [6, 6.07) is 23.5. The number of methoxy groups -OCH3 is 1. The second-order valence-corrected chi connectivity index (χ2v) is 21.2. The lowest BCUT2D eigenvalue weighted by molar-refractivity contribution is -0.144. The third-order valence-electron chi connectivity index (χ3n) is 10.9. The molecule has 0 bridgehead atoms. The molecule has 1 aliphatic rings. The van der Waals surface area contributed by atoms with Crippen molar-refractivity contribution < 1.29 is 27.8 Å². The first-order chi connectivity index (χ1) is 27.7. The van der Waals surface area contributed by atoms with Crippen LogP contribution < -0.4 is 26.4 Å². The van der Waals surface area contributed by atoms with Gasteiger partial charge in [0.1, 0.15) is 33.0 Å². The molecule has 15 heteroatoms. The van der Waals surface area contributed by atoms with E-state index in [9.17, 15) is 4.79 Å². The van der Waals surface area contributed by atoms with E-state index < -0.39 is 48.0 Å². The van der Waals surface area contributed by atoms with Crippen molar-refractivity contribution in [2.75, 3.05) is 20.3 Å². The molecule has 12 nitrogen and oxygen atoms in total. The topological polar surface area (TPSA) is 129 Å². The van der Waals surface area contributed by atoms with E-state index in [2.05, 4.69) is 10.2 Å². The molecule has 0 spiro atoms. The van der Waals surface area contributed by atoms with Crippen LogP contribution in [0.2, 0.25) is 5.04 Å². The Kier molecular flexibility index (Phi) is 11.4. The van der Waals surface area contributed by atoms with Crippen molar-refractivity contribution in [2.24, 2.45) is 0 Å². The van der Waals surface area contributed by atoms with Gasteiger partial charge in [-0.3, -0.25) is 14.2 Å². The zero-order valence-corrected chi connectivity index (χ0v) is 35.5. The van der Waals surface area contributed by atoms with Gasteiger partial charge in [-0.1, -0.05) is 92.8 Å². The molecular weight excluding hydrogens is 778 g/mol. The fraction of sp³-hybridized carbons (Fsp3) is 0.372. The Balaban J connectivity index is 1.44. The molecule has 3 aromatic carbocycles. The van der Waals surface area contributed by atoms with Gasteiger partial charge in [0.25, 0.3) is 5.56 Å². The molecule has 0 aliphatic carbocycles. The first-order valence-electron chi connectivity index (χ1n) is 19.3. The highest BCUT2D eigenvalue weighted by Gasteiger charge is 2.55. The average Bonchev–Trinajstić information content (AvgIpc) is 3.87. The van der Waals surface area contributed by atoms with E-state index in [0.717, 1.165) is 14.9 Å². The van der Waals surface area contributed by atoms with Gasteiger partial charge in [0.15, 0.2) is 0 Å². The first-order valence-corrected chi connectivity index (χ1v) is 22.0. The maximum atomic E-state index is 15.3. The quantitative estimate of drug-likeness (QED) is 0.136. The van der Waals surface area contributed by atoms with Crippen LogP contribution in [0, 0.1) is 12.7 Å². The fourth-order valence-corrected chi connectivity index (χ4v) is 13.6. The summed E-state index contributed by atoms with van der Waals surface area (Å²) >= 11 is 1.17. The van der Waals surface area contributed by atoms with E-state index >= 15 is 14.0 Å². The highest BCUT2D eigenvalue weighted by atomic mass is 32.1. The van der Waals surface area contributed by atoms with E-state index in [1.807, 2.05) is 81.4 Å². The minimum atomic E-state index is -3.48. The van der Waals surface area contributed by atoms with Crippen LogP contribution in [0.4, 0.5) is 4.39 Å². The van der Waals surface area contributed by atoms with Crippen LogP contribution in [0.25, 0.3) is 15.2 Å². The Morgan fingerprint density at radius 2 is 1.55 bits per heavy atom. The molecule has 0 radical (unpaired) electrons. The third kappa shape index (κ3) is 7.36. The van der Waals surface area contributed by atoms with Crippen LogP contribution in [0.1, 0.15) is 64.7 Å². The molecule has 0 saturated carbocycles. The standard InChI is InChI=1S/C43H48FN5O7SSi/c1-28-36-37(50)48(43(5,6)40(51)56-58(42(2,3)4,31-14-10-8-11-15-31)32-16-12-9-13-17-32)41(52)47(39(36)57-38(28)49-45-22-23-46-49)27-35(55-30-20-24-54-25-21-30)33-26-29(44)18-19-34(33)53-7/h8-19,22-23,26,30,35H,20-21,24-25,27H2,1-7H3/t35-/m0/s1. The molecule has 1 fully saturated rings. The lowest BCUT2D eigenvalue weighted by atomic mass is 10.0. The Labute approximate surface area is 340 Å². The predicted molar refractivity (Wildman–Crippen MR) is 224 cm³/mol. The number of thiophene rings is 1. The number of hydrogen-bond donors (Lipinski definition) is 0. The molecule has 3 aromatic heterocycles. The van der Waals surface area contributed by atoms with Crippen molar-refractivity contribution in [2.45, 2.75) is 83.7 Å². The lowest BCUT2D eigenvalue weighted by Crippen LogP contribution is -2.69. The molecule has 304 valence electrons. The Hall–Kier alpha value is -5.22. The molecular formula is C43H48FN5O7SSi. The van der Waals surface area contributed by atoms with E-state index in [1.54, 1.807) is 6.92 Å². The summed E-state index contributed by atoms with van der Waals surface area (Å²) < 4.78 is 42.4.